The third kappa shape index (κ3) is 3.93. The molecular formula is C15H13BrO4. The van der Waals surface area contributed by atoms with Crippen molar-refractivity contribution in [1.29, 1.82) is 0 Å². The summed E-state index contributed by atoms with van der Waals surface area (Å²) in [4.78, 5) is 19.3. The molecule has 20 heavy (non-hydrogen) atoms. The minimum absolute atomic E-state index is 0.250. The van der Waals surface area contributed by atoms with E-state index in [1.807, 2.05) is 31.2 Å². The quantitative estimate of drug-likeness (QED) is 0.817. The van der Waals surface area contributed by atoms with Gasteiger partial charge >= 0.3 is 5.97 Å². The number of hydrogen-bond acceptors (Lipinski definition) is 2. The van der Waals surface area contributed by atoms with Gasteiger partial charge in [0, 0.05) is 4.47 Å². The molecule has 4 nitrogen and oxygen atoms in total. The monoisotopic (exact) mass is 336 g/mol. The maximum absolute atomic E-state index is 10.9. The molecule has 0 aliphatic rings. The number of carboxylic acid groups (broad SMARTS) is 2. The normalized spacial score (nSPS) is 9.30. The van der Waals surface area contributed by atoms with Gasteiger partial charge < -0.3 is 10.2 Å². The van der Waals surface area contributed by atoms with E-state index in [9.17, 15) is 4.79 Å². The van der Waals surface area contributed by atoms with Crippen LogP contribution in [0.5, 0.6) is 0 Å². The molecule has 2 rings (SSSR count). The molecule has 2 aromatic carbocycles. The molecule has 0 spiro atoms. The van der Waals surface area contributed by atoms with Gasteiger partial charge in [-0.1, -0.05) is 40.2 Å². The highest BCUT2D eigenvalue weighted by atomic mass is 79.9. The number of carboxylic acids is 1. The first-order valence-electron chi connectivity index (χ1n) is 5.68. The lowest BCUT2D eigenvalue weighted by Gasteiger charge is -2.08. The minimum atomic E-state index is -0.903. The van der Waals surface area contributed by atoms with Gasteiger partial charge in [-0.05, 0) is 41.8 Å². The van der Waals surface area contributed by atoms with Gasteiger partial charge in [0.05, 0.1) is 5.56 Å². The highest BCUT2D eigenvalue weighted by Gasteiger charge is 2.07. The van der Waals surface area contributed by atoms with Crippen molar-refractivity contribution in [3.05, 3.63) is 58.1 Å². The van der Waals surface area contributed by atoms with Crippen LogP contribution in [-0.4, -0.2) is 22.7 Å². The second-order valence-electron chi connectivity index (χ2n) is 3.90. The van der Waals surface area contributed by atoms with Crippen molar-refractivity contribution in [1.82, 2.24) is 0 Å². The second kappa shape index (κ2) is 7.45. The van der Waals surface area contributed by atoms with Gasteiger partial charge in [0.15, 0.2) is 0 Å². The highest BCUT2D eigenvalue weighted by Crippen LogP contribution is 2.28. The van der Waals surface area contributed by atoms with Gasteiger partial charge in [0.25, 0.3) is 6.47 Å². The standard InChI is InChI=1S/C14H11BrO2.CH2O2/c1-9-12(6-3-7-13(9)15)10-4-2-5-11(8-10)14(16)17;2-1-3/h2-8H,1H3,(H,16,17);1H,(H,2,3). The minimum Gasteiger partial charge on any atom is -0.483 e. The topological polar surface area (TPSA) is 74.6 Å². The molecule has 0 atom stereocenters. The molecule has 2 aromatic rings. The lowest BCUT2D eigenvalue weighted by Crippen LogP contribution is -1.96. The Morgan fingerprint density at radius 1 is 1.20 bits per heavy atom. The molecule has 0 saturated carbocycles. The largest absolute Gasteiger partial charge is 0.483 e. The van der Waals surface area contributed by atoms with E-state index in [0.29, 0.717) is 5.56 Å². The number of hydrogen-bond donors (Lipinski definition) is 2. The first-order chi connectivity index (χ1) is 9.51. The van der Waals surface area contributed by atoms with Crippen molar-refractivity contribution in [2.45, 2.75) is 6.92 Å². The summed E-state index contributed by atoms with van der Waals surface area (Å²) in [5.74, 6) is -0.903. The average molecular weight is 337 g/mol. The fraction of sp³-hybridized carbons (Fsp3) is 0.0667. The van der Waals surface area contributed by atoms with Gasteiger partial charge in [-0.25, -0.2) is 4.79 Å². The molecular weight excluding hydrogens is 324 g/mol. The van der Waals surface area contributed by atoms with Crippen LogP contribution in [0.25, 0.3) is 11.1 Å². The molecule has 0 aliphatic carbocycles. The van der Waals surface area contributed by atoms with Crippen molar-refractivity contribution >= 4 is 28.4 Å². The Bertz CT molecular complexity index is 623. The van der Waals surface area contributed by atoms with E-state index in [1.165, 1.54) is 0 Å². The predicted octanol–water partition coefficient (Wildman–Crippen LogP) is 3.82. The summed E-state index contributed by atoms with van der Waals surface area (Å²) in [7, 11) is 0. The van der Waals surface area contributed by atoms with Crippen LogP contribution in [0, 0.1) is 6.92 Å². The molecule has 0 heterocycles. The smallest absolute Gasteiger partial charge is 0.335 e. The Morgan fingerprint density at radius 2 is 1.80 bits per heavy atom. The van der Waals surface area contributed by atoms with Gasteiger partial charge in [0.1, 0.15) is 0 Å². The van der Waals surface area contributed by atoms with Crippen LogP contribution in [0.4, 0.5) is 0 Å². The third-order valence-corrected chi connectivity index (χ3v) is 3.55. The maximum atomic E-state index is 10.9. The first kappa shape index (κ1) is 15.9. The highest BCUT2D eigenvalue weighted by molar-refractivity contribution is 9.10. The molecule has 0 aromatic heterocycles. The van der Waals surface area contributed by atoms with Gasteiger partial charge in [0.2, 0.25) is 0 Å². The number of rotatable bonds is 2. The Labute approximate surface area is 124 Å². The molecule has 0 saturated heterocycles. The van der Waals surface area contributed by atoms with Crippen LogP contribution in [0.15, 0.2) is 46.9 Å². The average Bonchev–Trinajstić information content (AvgIpc) is 2.43. The van der Waals surface area contributed by atoms with Crippen LogP contribution in [0.3, 0.4) is 0 Å². The predicted molar refractivity (Wildman–Crippen MR) is 80.0 cm³/mol. The van der Waals surface area contributed by atoms with Crippen molar-refractivity contribution in [3.8, 4) is 11.1 Å². The Kier molecular flexibility index (Phi) is 5.93. The first-order valence-corrected chi connectivity index (χ1v) is 6.47. The molecule has 2 N–H and O–H groups in total. The van der Waals surface area contributed by atoms with Crippen LogP contribution in [0.2, 0.25) is 0 Å². The molecule has 0 aliphatic heterocycles. The lowest BCUT2D eigenvalue weighted by molar-refractivity contribution is -0.122. The summed E-state index contributed by atoms with van der Waals surface area (Å²) in [5, 5.41) is 15.9. The van der Waals surface area contributed by atoms with Crippen LogP contribution < -0.4 is 0 Å². The Morgan fingerprint density at radius 3 is 2.40 bits per heavy atom. The molecule has 0 fully saturated rings. The van der Waals surface area contributed by atoms with Crippen molar-refractivity contribution < 1.29 is 19.8 Å². The summed E-state index contributed by atoms with van der Waals surface area (Å²) >= 11 is 3.47. The number of halogens is 1. The summed E-state index contributed by atoms with van der Waals surface area (Å²) in [5.41, 5.74) is 3.38. The maximum Gasteiger partial charge on any atom is 0.335 e. The fourth-order valence-corrected chi connectivity index (χ4v) is 2.11. The van der Waals surface area contributed by atoms with Crippen LogP contribution in [0.1, 0.15) is 15.9 Å². The summed E-state index contributed by atoms with van der Waals surface area (Å²) in [6.07, 6.45) is 0. The molecule has 5 heteroatoms. The van der Waals surface area contributed by atoms with Crippen molar-refractivity contribution in [2.75, 3.05) is 0 Å². The molecule has 0 unspecified atom stereocenters. The number of aromatic carboxylic acids is 1. The zero-order valence-corrected chi connectivity index (χ0v) is 12.3. The lowest BCUT2D eigenvalue weighted by atomic mass is 9.99. The number of carbonyl (C=O) groups is 2. The summed E-state index contributed by atoms with van der Waals surface area (Å²) in [6, 6.07) is 12.9. The summed E-state index contributed by atoms with van der Waals surface area (Å²) < 4.78 is 1.02. The van der Waals surface area contributed by atoms with Crippen LogP contribution >= 0.6 is 15.9 Å². The van der Waals surface area contributed by atoms with E-state index in [1.54, 1.807) is 18.2 Å². The third-order valence-electron chi connectivity index (χ3n) is 2.69. The van der Waals surface area contributed by atoms with E-state index in [4.69, 9.17) is 15.0 Å². The van der Waals surface area contributed by atoms with E-state index in [-0.39, 0.29) is 6.47 Å². The Hall–Kier alpha value is -2.14. The zero-order valence-electron chi connectivity index (χ0n) is 10.7. The fourth-order valence-electron chi connectivity index (χ4n) is 1.74. The van der Waals surface area contributed by atoms with Crippen molar-refractivity contribution in [3.63, 3.8) is 0 Å². The van der Waals surface area contributed by atoms with Gasteiger partial charge in [-0.15, -0.1) is 0 Å². The molecule has 104 valence electrons. The van der Waals surface area contributed by atoms with E-state index >= 15 is 0 Å². The van der Waals surface area contributed by atoms with Crippen LogP contribution in [-0.2, 0) is 4.79 Å². The van der Waals surface area contributed by atoms with E-state index < -0.39 is 5.97 Å². The van der Waals surface area contributed by atoms with Gasteiger partial charge in [-0.2, -0.15) is 0 Å². The van der Waals surface area contributed by atoms with Crippen molar-refractivity contribution in [2.24, 2.45) is 0 Å². The molecule has 0 radical (unpaired) electrons. The molecule has 0 bridgehead atoms. The number of benzene rings is 2. The van der Waals surface area contributed by atoms with Gasteiger partial charge in [-0.3, -0.25) is 4.79 Å². The Balaban J connectivity index is 0.000000612. The second-order valence-corrected chi connectivity index (χ2v) is 4.76. The zero-order chi connectivity index (χ0) is 15.1. The molecule has 0 amide bonds. The van der Waals surface area contributed by atoms with E-state index in [0.717, 1.165) is 21.2 Å². The SMILES string of the molecule is Cc1c(Br)cccc1-c1cccc(C(=O)O)c1.O=CO. The van der Waals surface area contributed by atoms with E-state index in [2.05, 4.69) is 15.9 Å². The summed E-state index contributed by atoms with van der Waals surface area (Å²) in [6.45, 7) is 1.76.